The average Bonchev–Trinajstić information content (AvgIpc) is 2.95. The SMILES string of the molecule is [2H]C([2H])([2H])OC(=O)C(c1ccccc1Cl)N1CCc2sccc2C1. The molecule has 2 heterocycles. The highest BCUT2D eigenvalue weighted by Gasteiger charge is 2.32. The Morgan fingerprint density at radius 2 is 2.33 bits per heavy atom. The van der Waals surface area contributed by atoms with Crippen LogP contribution in [0.5, 0.6) is 0 Å². The number of methoxy groups -OCH3 is 1. The number of rotatable bonds is 3. The van der Waals surface area contributed by atoms with Crippen molar-refractivity contribution in [2.45, 2.75) is 19.0 Å². The summed E-state index contributed by atoms with van der Waals surface area (Å²) in [6, 6.07) is 8.16. The molecule has 21 heavy (non-hydrogen) atoms. The van der Waals surface area contributed by atoms with Crippen LogP contribution in [0.25, 0.3) is 0 Å². The molecule has 0 aliphatic carbocycles. The lowest BCUT2D eigenvalue weighted by molar-refractivity contribution is -0.147. The summed E-state index contributed by atoms with van der Waals surface area (Å²) in [5.74, 6) is -0.804. The molecule has 3 rings (SSSR count). The number of nitrogens with zero attached hydrogens (tertiary/aromatic N) is 1. The van der Waals surface area contributed by atoms with Crippen molar-refractivity contribution in [1.82, 2.24) is 4.90 Å². The van der Waals surface area contributed by atoms with E-state index in [1.807, 2.05) is 16.3 Å². The van der Waals surface area contributed by atoms with Gasteiger partial charge in [0.15, 0.2) is 0 Å². The van der Waals surface area contributed by atoms with E-state index < -0.39 is 19.0 Å². The summed E-state index contributed by atoms with van der Waals surface area (Å²) < 4.78 is 26.4. The summed E-state index contributed by atoms with van der Waals surface area (Å²) in [6.45, 7) is 1.20. The summed E-state index contributed by atoms with van der Waals surface area (Å²) >= 11 is 7.96. The van der Waals surface area contributed by atoms with Gasteiger partial charge < -0.3 is 4.74 Å². The summed E-state index contributed by atoms with van der Waals surface area (Å²) in [5, 5.41) is 2.44. The van der Waals surface area contributed by atoms with Crippen molar-refractivity contribution in [2.24, 2.45) is 0 Å². The molecular formula is C16H16ClNO2S. The van der Waals surface area contributed by atoms with E-state index in [4.69, 9.17) is 20.5 Å². The van der Waals surface area contributed by atoms with Gasteiger partial charge in [0.05, 0.1) is 11.2 Å². The number of carbonyl (C=O) groups excluding carboxylic acids is 1. The lowest BCUT2D eigenvalue weighted by Crippen LogP contribution is -2.38. The third kappa shape index (κ3) is 2.84. The van der Waals surface area contributed by atoms with Crippen molar-refractivity contribution in [1.29, 1.82) is 0 Å². The van der Waals surface area contributed by atoms with Gasteiger partial charge in [-0.05, 0) is 35.1 Å². The summed E-state index contributed by atoms with van der Waals surface area (Å²) in [7, 11) is -2.78. The molecule has 3 nitrogen and oxygen atoms in total. The van der Waals surface area contributed by atoms with Crippen molar-refractivity contribution >= 4 is 28.9 Å². The number of hydrogen-bond acceptors (Lipinski definition) is 4. The van der Waals surface area contributed by atoms with E-state index in [2.05, 4.69) is 0 Å². The third-order valence-electron chi connectivity index (χ3n) is 3.73. The van der Waals surface area contributed by atoms with E-state index in [0.29, 0.717) is 23.7 Å². The lowest BCUT2D eigenvalue weighted by atomic mass is 10.0. The lowest BCUT2D eigenvalue weighted by Gasteiger charge is -2.33. The first-order valence-electron chi connectivity index (χ1n) is 8.12. The van der Waals surface area contributed by atoms with Gasteiger partial charge in [-0.3, -0.25) is 4.90 Å². The van der Waals surface area contributed by atoms with Crippen LogP contribution in [0, 0.1) is 0 Å². The van der Waals surface area contributed by atoms with Crippen molar-refractivity contribution in [3.05, 3.63) is 56.7 Å². The fraction of sp³-hybridized carbons (Fsp3) is 0.312. The Morgan fingerprint density at radius 3 is 3.14 bits per heavy atom. The predicted molar refractivity (Wildman–Crippen MR) is 84.6 cm³/mol. The molecule has 1 aliphatic heterocycles. The number of ether oxygens (including phenoxy) is 1. The van der Waals surface area contributed by atoms with Crippen LogP contribution in [0.4, 0.5) is 0 Å². The van der Waals surface area contributed by atoms with Crippen molar-refractivity contribution in [3.63, 3.8) is 0 Å². The van der Waals surface area contributed by atoms with E-state index in [1.165, 1.54) is 4.88 Å². The summed E-state index contributed by atoms with van der Waals surface area (Å²) in [4.78, 5) is 15.8. The molecule has 0 radical (unpaired) electrons. The maximum absolute atomic E-state index is 12.6. The van der Waals surface area contributed by atoms with Crippen LogP contribution in [0.1, 0.15) is 26.2 Å². The van der Waals surface area contributed by atoms with Crippen LogP contribution >= 0.6 is 22.9 Å². The molecule has 5 heteroatoms. The normalized spacial score (nSPS) is 19.0. The first kappa shape index (κ1) is 11.2. The summed E-state index contributed by atoms with van der Waals surface area (Å²) in [5.41, 5.74) is 1.72. The third-order valence-corrected chi connectivity index (χ3v) is 5.09. The highest BCUT2D eigenvalue weighted by molar-refractivity contribution is 7.10. The van der Waals surface area contributed by atoms with Crippen LogP contribution in [0.2, 0.25) is 5.02 Å². The standard InChI is InChI=1S/C16H16ClNO2S/c1-20-16(19)15(12-4-2-3-5-13(12)17)18-8-6-14-11(10-18)7-9-21-14/h2-5,7,9,15H,6,8,10H2,1H3/i1D3. The van der Waals surface area contributed by atoms with Gasteiger partial charge in [0.25, 0.3) is 0 Å². The zero-order valence-corrected chi connectivity index (χ0v) is 12.8. The molecule has 1 aromatic heterocycles. The number of halogens is 1. The molecule has 0 saturated heterocycles. The highest BCUT2D eigenvalue weighted by atomic mass is 35.5. The van der Waals surface area contributed by atoms with E-state index in [0.717, 1.165) is 12.0 Å². The largest absolute Gasteiger partial charge is 0.468 e. The Balaban J connectivity index is 1.94. The molecule has 0 bridgehead atoms. The predicted octanol–water partition coefficient (Wildman–Crippen LogP) is 3.67. The Bertz CT molecular complexity index is 747. The van der Waals surface area contributed by atoms with E-state index in [9.17, 15) is 4.79 Å². The minimum absolute atomic E-state index is 0.418. The summed E-state index contributed by atoms with van der Waals surface area (Å²) in [6.07, 6.45) is 0.814. The molecule has 0 N–H and O–H groups in total. The molecule has 0 spiro atoms. The van der Waals surface area contributed by atoms with Crippen LogP contribution in [-0.2, 0) is 22.5 Å². The first-order valence-corrected chi connectivity index (χ1v) is 7.87. The average molecular weight is 325 g/mol. The monoisotopic (exact) mass is 324 g/mol. The zero-order valence-electron chi connectivity index (χ0n) is 14.2. The first-order chi connectivity index (χ1) is 11.3. The van der Waals surface area contributed by atoms with Gasteiger partial charge in [0, 0.05) is 23.0 Å². The second-order valence-corrected chi connectivity index (χ2v) is 6.34. The van der Waals surface area contributed by atoms with Gasteiger partial charge in [0.2, 0.25) is 0 Å². The highest BCUT2D eigenvalue weighted by Crippen LogP contribution is 2.33. The van der Waals surface area contributed by atoms with Gasteiger partial charge >= 0.3 is 5.97 Å². The molecular weight excluding hydrogens is 306 g/mol. The molecule has 0 amide bonds. The quantitative estimate of drug-likeness (QED) is 0.807. The molecule has 0 fully saturated rings. The number of carbonyl (C=O) groups is 1. The molecule has 0 saturated carbocycles. The topological polar surface area (TPSA) is 29.5 Å². The Morgan fingerprint density at radius 1 is 1.48 bits per heavy atom. The van der Waals surface area contributed by atoms with Gasteiger partial charge in [-0.25, -0.2) is 4.79 Å². The zero-order chi connectivity index (χ0) is 17.3. The fourth-order valence-electron chi connectivity index (χ4n) is 2.72. The van der Waals surface area contributed by atoms with E-state index in [-0.39, 0.29) is 0 Å². The van der Waals surface area contributed by atoms with Gasteiger partial charge in [-0.15, -0.1) is 11.3 Å². The van der Waals surface area contributed by atoms with Crippen LogP contribution in [-0.4, -0.2) is 24.5 Å². The maximum atomic E-state index is 12.6. The van der Waals surface area contributed by atoms with Crippen LogP contribution in [0.3, 0.4) is 0 Å². The molecule has 2 aromatic rings. The number of thiophene rings is 1. The second kappa shape index (κ2) is 6.18. The molecule has 1 aliphatic rings. The van der Waals surface area contributed by atoms with Crippen LogP contribution < -0.4 is 0 Å². The minimum atomic E-state index is -2.78. The molecule has 1 atom stereocenters. The minimum Gasteiger partial charge on any atom is -0.468 e. The van der Waals surface area contributed by atoms with Gasteiger partial charge in [-0.2, -0.15) is 0 Å². The van der Waals surface area contributed by atoms with Crippen molar-refractivity contribution < 1.29 is 13.6 Å². The maximum Gasteiger partial charge on any atom is 0.327 e. The fourth-order valence-corrected chi connectivity index (χ4v) is 3.84. The van der Waals surface area contributed by atoms with E-state index in [1.54, 1.807) is 35.6 Å². The van der Waals surface area contributed by atoms with E-state index >= 15 is 0 Å². The smallest absolute Gasteiger partial charge is 0.327 e. The number of hydrogen-bond donors (Lipinski definition) is 0. The Labute approximate surface area is 137 Å². The Kier molecular flexibility index (Phi) is 3.31. The number of esters is 1. The van der Waals surface area contributed by atoms with Crippen molar-refractivity contribution in [2.75, 3.05) is 13.6 Å². The van der Waals surface area contributed by atoms with Gasteiger partial charge in [-0.1, -0.05) is 29.8 Å². The molecule has 1 aromatic carbocycles. The number of fused-ring (bicyclic) bond motifs is 1. The van der Waals surface area contributed by atoms with Crippen LogP contribution in [0.15, 0.2) is 35.7 Å². The molecule has 110 valence electrons. The van der Waals surface area contributed by atoms with Crippen molar-refractivity contribution in [3.8, 4) is 0 Å². The number of benzene rings is 1. The second-order valence-electron chi connectivity index (χ2n) is 4.93. The Hall–Kier alpha value is -1.36. The van der Waals surface area contributed by atoms with Gasteiger partial charge in [0.1, 0.15) is 6.04 Å². The molecule has 1 unspecified atom stereocenters.